The highest BCUT2D eigenvalue weighted by atomic mass is 32.2. The fourth-order valence-electron chi connectivity index (χ4n) is 2.10. The molecule has 0 amide bonds. The molecule has 2 aromatic rings. The lowest BCUT2D eigenvalue weighted by Gasteiger charge is -2.23. The summed E-state index contributed by atoms with van der Waals surface area (Å²) in [5.41, 5.74) is 0.934. The summed E-state index contributed by atoms with van der Waals surface area (Å²) in [6, 6.07) is 7.66. The predicted molar refractivity (Wildman–Crippen MR) is 109 cm³/mol. The quantitative estimate of drug-likeness (QED) is 0.485. The number of rotatable bonds is 8. The van der Waals surface area contributed by atoms with Crippen molar-refractivity contribution in [2.45, 2.75) is 32.1 Å². The normalized spacial score (nSPS) is 12.1. The van der Waals surface area contributed by atoms with Crippen molar-refractivity contribution in [2.24, 2.45) is 4.99 Å². The number of hydrogen-bond acceptors (Lipinski definition) is 5. The van der Waals surface area contributed by atoms with E-state index in [1.807, 2.05) is 43.0 Å². The molecule has 0 saturated heterocycles. The van der Waals surface area contributed by atoms with Gasteiger partial charge in [-0.2, -0.15) is 16.9 Å². The molecule has 3 N–H and O–H groups in total. The van der Waals surface area contributed by atoms with Crippen molar-refractivity contribution in [2.75, 3.05) is 26.5 Å². The van der Waals surface area contributed by atoms with E-state index in [1.54, 1.807) is 7.11 Å². The minimum absolute atomic E-state index is 0.143. The third-order valence-corrected chi connectivity index (χ3v) is 5.09. The fraction of sp³-hybridized carbons (Fsp3) is 0.500. The predicted octanol–water partition coefficient (Wildman–Crippen LogP) is 2.68. The first-order chi connectivity index (χ1) is 12.5. The third-order valence-electron chi connectivity index (χ3n) is 3.85. The SMILES string of the molecule is CCNC(=NCc1nc(-c2ccc(OC)cc2)n[nH]1)NCC(C)(C)SC. The van der Waals surface area contributed by atoms with E-state index in [2.05, 4.69) is 50.9 Å². The van der Waals surface area contributed by atoms with Crippen LogP contribution in [0.5, 0.6) is 5.75 Å². The van der Waals surface area contributed by atoms with E-state index in [0.29, 0.717) is 12.4 Å². The van der Waals surface area contributed by atoms with Crippen molar-refractivity contribution in [3.05, 3.63) is 30.1 Å². The maximum atomic E-state index is 5.17. The first-order valence-electron chi connectivity index (χ1n) is 8.60. The van der Waals surface area contributed by atoms with Crippen molar-refractivity contribution in [1.82, 2.24) is 25.8 Å². The van der Waals surface area contributed by atoms with Crippen LogP contribution in [0.3, 0.4) is 0 Å². The molecule has 0 spiro atoms. The summed E-state index contributed by atoms with van der Waals surface area (Å²) in [5, 5.41) is 13.9. The Balaban J connectivity index is 2.01. The van der Waals surface area contributed by atoms with Gasteiger partial charge < -0.3 is 15.4 Å². The zero-order valence-corrected chi connectivity index (χ0v) is 16.9. The lowest BCUT2D eigenvalue weighted by molar-refractivity contribution is 0.415. The van der Waals surface area contributed by atoms with Crippen molar-refractivity contribution in [1.29, 1.82) is 0 Å². The average molecular weight is 377 g/mol. The van der Waals surface area contributed by atoms with E-state index in [9.17, 15) is 0 Å². The van der Waals surface area contributed by atoms with Gasteiger partial charge in [0, 0.05) is 23.4 Å². The van der Waals surface area contributed by atoms with Crippen LogP contribution in [0, 0.1) is 0 Å². The smallest absolute Gasteiger partial charge is 0.191 e. The number of thioether (sulfide) groups is 1. The Kier molecular flexibility index (Phi) is 7.32. The van der Waals surface area contributed by atoms with Crippen LogP contribution in [-0.4, -0.2) is 52.3 Å². The molecule has 7 nitrogen and oxygen atoms in total. The molecule has 142 valence electrons. The highest BCUT2D eigenvalue weighted by Gasteiger charge is 2.16. The van der Waals surface area contributed by atoms with Crippen LogP contribution in [-0.2, 0) is 6.54 Å². The van der Waals surface area contributed by atoms with Gasteiger partial charge in [-0.1, -0.05) is 0 Å². The van der Waals surface area contributed by atoms with Crippen LogP contribution in [0.2, 0.25) is 0 Å². The lowest BCUT2D eigenvalue weighted by Crippen LogP contribution is -2.43. The Hall–Kier alpha value is -2.22. The summed E-state index contributed by atoms with van der Waals surface area (Å²) < 4.78 is 5.31. The molecular formula is C18H28N6OS. The molecule has 0 radical (unpaired) electrons. The van der Waals surface area contributed by atoms with Gasteiger partial charge in [0.25, 0.3) is 0 Å². The maximum Gasteiger partial charge on any atom is 0.191 e. The molecule has 0 aliphatic carbocycles. The largest absolute Gasteiger partial charge is 0.497 e. The van der Waals surface area contributed by atoms with E-state index >= 15 is 0 Å². The van der Waals surface area contributed by atoms with Crippen LogP contribution < -0.4 is 15.4 Å². The second kappa shape index (κ2) is 9.47. The monoisotopic (exact) mass is 376 g/mol. The Morgan fingerprint density at radius 3 is 2.62 bits per heavy atom. The second-order valence-corrected chi connectivity index (χ2v) is 7.86. The van der Waals surface area contributed by atoms with Gasteiger partial charge in [-0.25, -0.2) is 9.98 Å². The molecule has 8 heteroatoms. The van der Waals surface area contributed by atoms with E-state index in [4.69, 9.17) is 4.74 Å². The molecule has 0 unspecified atom stereocenters. The summed E-state index contributed by atoms with van der Waals surface area (Å²) in [4.78, 5) is 9.11. The van der Waals surface area contributed by atoms with Crippen LogP contribution in [0.4, 0.5) is 0 Å². The third kappa shape index (κ3) is 5.94. The number of ether oxygens (including phenoxy) is 1. The van der Waals surface area contributed by atoms with E-state index in [0.717, 1.165) is 36.2 Å². The van der Waals surface area contributed by atoms with Crippen LogP contribution in [0.15, 0.2) is 29.3 Å². The maximum absolute atomic E-state index is 5.17. The number of aromatic nitrogens is 3. The lowest BCUT2D eigenvalue weighted by atomic mass is 10.2. The molecule has 0 atom stereocenters. The Morgan fingerprint density at radius 1 is 1.27 bits per heavy atom. The number of nitrogens with one attached hydrogen (secondary N) is 3. The number of guanidine groups is 1. The number of benzene rings is 1. The van der Waals surface area contributed by atoms with Gasteiger partial charge in [0.15, 0.2) is 11.8 Å². The first-order valence-corrected chi connectivity index (χ1v) is 9.83. The number of H-pyrrole nitrogens is 1. The molecule has 0 saturated carbocycles. The minimum Gasteiger partial charge on any atom is -0.497 e. The van der Waals surface area contributed by atoms with Gasteiger partial charge in [-0.3, -0.25) is 5.10 Å². The molecule has 1 heterocycles. The number of hydrogen-bond donors (Lipinski definition) is 3. The molecule has 0 aliphatic heterocycles. The topological polar surface area (TPSA) is 87.2 Å². The number of aromatic amines is 1. The van der Waals surface area contributed by atoms with Gasteiger partial charge in [-0.05, 0) is 51.3 Å². The molecule has 1 aromatic carbocycles. The van der Waals surface area contributed by atoms with Crippen molar-refractivity contribution < 1.29 is 4.74 Å². The van der Waals surface area contributed by atoms with Crippen molar-refractivity contribution in [3.8, 4) is 17.1 Å². The molecule has 0 aliphatic rings. The average Bonchev–Trinajstić information content (AvgIpc) is 3.13. The van der Waals surface area contributed by atoms with E-state index < -0.39 is 0 Å². The molecule has 0 bridgehead atoms. The summed E-state index contributed by atoms with van der Waals surface area (Å²) in [5.74, 6) is 2.96. The molecule has 0 fully saturated rings. The summed E-state index contributed by atoms with van der Waals surface area (Å²) in [7, 11) is 1.65. The van der Waals surface area contributed by atoms with E-state index in [1.165, 1.54) is 0 Å². The highest BCUT2D eigenvalue weighted by Crippen LogP contribution is 2.20. The summed E-state index contributed by atoms with van der Waals surface area (Å²) >= 11 is 1.82. The standard InChI is InChI=1S/C18H28N6OS/c1-6-19-17(21-12-18(2,3)26-5)20-11-15-22-16(24-23-15)13-7-9-14(25-4)10-8-13/h7-10H,6,11-12H2,1-5H3,(H2,19,20,21)(H,22,23,24). The van der Waals surface area contributed by atoms with Gasteiger partial charge in [0.05, 0.1) is 7.11 Å². The number of nitrogens with zero attached hydrogens (tertiary/aromatic N) is 3. The van der Waals surface area contributed by atoms with Crippen LogP contribution >= 0.6 is 11.8 Å². The zero-order valence-electron chi connectivity index (χ0n) is 16.1. The molecule has 2 rings (SSSR count). The molecule has 1 aromatic heterocycles. The fourth-order valence-corrected chi connectivity index (χ4v) is 2.32. The summed E-state index contributed by atoms with van der Waals surface area (Å²) in [6.07, 6.45) is 2.11. The van der Waals surface area contributed by atoms with Crippen LogP contribution in [0.1, 0.15) is 26.6 Å². The van der Waals surface area contributed by atoms with Crippen LogP contribution in [0.25, 0.3) is 11.4 Å². The number of aliphatic imine (C=N–C) groups is 1. The molecular weight excluding hydrogens is 348 g/mol. The summed E-state index contributed by atoms with van der Waals surface area (Å²) in [6.45, 7) is 8.51. The zero-order chi connectivity index (χ0) is 19.0. The van der Waals surface area contributed by atoms with Crippen molar-refractivity contribution in [3.63, 3.8) is 0 Å². The Labute approximate surface area is 159 Å². The van der Waals surface area contributed by atoms with Gasteiger partial charge in [0.2, 0.25) is 0 Å². The number of methoxy groups -OCH3 is 1. The second-order valence-electron chi connectivity index (χ2n) is 6.35. The van der Waals surface area contributed by atoms with E-state index in [-0.39, 0.29) is 4.75 Å². The highest BCUT2D eigenvalue weighted by molar-refractivity contribution is 7.99. The Bertz CT molecular complexity index is 711. The van der Waals surface area contributed by atoms with Gasteiger partial charge in [-0.15, -0.1) is 0 Å². The van der Waals surface area contributed by atoms with Gasteiger partial charge >= 0.3 is 0 Å². The first kappa shape index (κ1) is 20.1. The van der Waals surface area contributed by atoms with Gasteiger partial charge in [0.1, 0.15) is 18.1 Å². The molecule has 26 heavy (non-hydrogen) atoms. The minimum atomic E-state index is 0.143. The van der Waals surface area contributed by atoms with Crippen molar-refractivity contribution >= 4 is 17.7 Å². The Morgan fingerprint density at radius 2 is 2.00 bits per heavy atom.